The van der Waals surface area contributed by atoms with Gasteiger partial charge in [0.2, 0.25) is 0 Å². The number of benzene rings is 3. The normalized spacial score (nSPS) is 14.7. The minimum atomic E-state index is -0.499. The highest BCUT2D eigenvalue weighted by Gasteiger charge is 2.33. The van der Waals surface area contributed by atoms with Gasteiger partial charge in [0.1, 0.15) is 18.1 Å². The lowest BCUT2D eigenvalue weighted by Crippen LogP contribution is -2.30. The molecule has 1 saturated heterocycles. The number of amides is 3. The summed E-state index contributed by atoms with van der Waals surface area (Å²) in [6, 6.07) is 17.8. The topological polar surface area (TPSA) is 58.6 Å². The first-order valence-corrected chi connectivity index (χ1v) is 10.4. The fourth-order valence-electron chi connectivity index (χ4n) is 3.18. The first-order valence-electron chi connectivity index (χ1n) is 9.65. The number of imide groups is 1. The molecule has 0 aliphatic carbocycles. The lowest BCUT2D eigenvalue weighted by molar-refractivity contribution is -0.123. The van der Waals surface area contributed by atoms with Crippen LogP contribution in [0, 0.1) is 5.82 Å². The number of hydrogen-bond acceptors (Lipinski definition) is 3. The van der Waals surface area contributed by atoms with Gasteiger partial charge in [-0.1, -0.05) is 65.7 Å². The van der Waals surface area contributed by atoms with Crippen molar-refractivity contribution in [2.45, 2.75) is 13.2 Å². The fourth-order valence-corrected chi connectivity index (χ4v) is 3.80. The first kappa shape index (κ1) is 21.9. The van der Waals surface area contributed by atoms with E-state index >= 15 is 0 Å². The van der Waals surface area contributed by atoms with Crippen molar-refractivity contribution < 1.29 is 18.7 Å². The molecule has 1 fully saturated rings. The summed E-state index contributed by atoms with van der Waals surface area (Å²) in [6.45, 7) is 0.323. The van der Waals surface area contributed by atoms with Crippen LogP contribution in [-0.2, 0) is 17.9 Å². The molecule has 3 amide bonds. The third-order valence-electron chi connectivity index (χ3n) is 4.77. The largest absolute Gasteiger partial charge is 0.486 e. The first-order chi connectivity index (χ1) is 15.4. The quantitative estimate of drug-likeness (QED) is 0.365. The van der Waals surface area contributed by atoms with Crippen molar-refractivity contribution in [3.63, 3.8) is 0 Å². The molecule has 0 aromatic heterocycles. The van der Waals surface area contributed by atoms with E-state index in [1.54, 1.807) is 24.3 Å². The number of rotatable bonds is 6. The highest BCUT2D eigenvalue weighted by atomic mass is 35.5. The zero-order valence-corrected chi connectivity index (χ0v) is 18.2. The van der Waals surface area contributed by atoms with Crippen molar-refractivity contribution in [3.05, 3.63) is 105 Å². The van der Waals surface area contributed by atoms with Crippen molar-refractivity contribution in [1.29, 1.82) is 0 Å². The van der Waals surface area contributed by atoms with Crippen LogP contribution in [0.15, 0.2) is 72.4 Å². The van der Waals surface area contributed by atoms with E-state index in [2.05, 4.69) is 5.32 Å². The molecule has 32 heavy (non-hydrogen) atoms. The highest BCUT2D eigenvalue weighted by molar-refractivity contribution is 6.37. The molecule has 0 bridgehead atoms. The number of urea groups is 1. The van der Waals surface area contributed by atoms with Crippen LogP contribution in [-0.4, -0.2) is 16.8 Å². The molecule has 1 aliphatic rings. The van der Waals surface area contributed by atoms with Gasteiger partial charge in [-0.2, -0.15) is 0 Å². The van der Waals surface area contributed by atoms with Crippen LogP contribution < -0.4 is 10.1 Å². The highest BCUT2D eigenvalue weighted by Crippen LogP contribution is 2.35. The lowest BCUT2D eigenvalue weighted by Gasteiger charge is -2.12. The van der Waals surface area contributed by atoms with Gasteiger partial charge in [-0.05, 0) is 47.0 Å². The molecule has 1 N–H and O–H groups in total. The van der Waals surface area contributed by atoms with Gasteiger partial charge in [0.25, 0.3) is 5.91 Å². The van der Waals surface area contributed by atoms with E-state index in [4.69, 9.17) is 27.9 Å². The van der Waals surface area contributed by atoms with E-state index < -0.39 is 11.9 Å². The van der Waals surface area contributed by atoms with Crippen LogP contribution in [0.2, 0.25) is 10.0 Å². The molecule has 0 atom stereocenters. The minimum absolute atomic E-state index is 0.123. The van der Waals surface area contributed by atoms with Gasteiger partial charge in [0.15, 0.2) is 5.75 Å². The van der Waals surface area contributed by atoms with Crippen molar-refractivity contribution in [2.75, 3.05) is 0 Å². The van der Waals surface area contributed by atoms with Crippen LogP contribution in [0.3, 0.4) is 0 Å². The van der Waals surface area contributed by atoms with Gasteiger partial charge in [0, 0.05) is 0 Å². The zero-order valence-electron chi connectivity index (χ0n) is 16.6. The Hall–Kier alpha value is -3.35. The number of hydrogen-bond donors (Lipinski definition) is 1. The van der Waals surface area contributed by atoms with E-state index in [1.165, 1.54) is 18.2 Å². The van der Waals surface area contributed by atoms with Gasteiger partial charge in [-0.15, -0.1) is 0 Å². The summed E-state index contributed by atoms with van der Waals surface area (Å²) in [6.07, 6.45) is 1.51. The lowest BCUT2D eigenvalue weighted by atomic mass is 10.1. The Bertz CT molecular complexity index is 1170. The van der Waals surface area contributed by atoms with Gasteiger partial charge in [-0.3, -0.25) is 9.69 Å². The van der Waals surface area contributed by atoms with Crippen LogP contribution in [0.5, 0.6) is 5.75 Å². The van der Waals surface area contributed by atoms with E-state index in [-0.39, 0.29) is 40.5 Å². The fraction of sp³-hybridized carbons (Fsp3) is 0.0833. The Labute approximate surface area is 194 Å². The third-order valence-corrected chi connectivity index (χ3v) is 5.34. The molecule has 1 heterocycles. The second-order valence-corrected chi connectivity index (χ2v) is 7.91. The van der Waals surface area contributed by atoms with Gasteiger partial charge < -0.3 is 10.1 Å². The van der Waals surface area contributed by atoms with E-state index in [0.29, 0.717) is 5.56 Å². The Morgan fingerprint density at radius 2 is 1.59 bits per heavy atom. The standard InChI is InChI=1S/C24H17Cl2FN2O3/c25-19-10-17(11-20(26)22(19)32-14-16-6-8-18(27)9-7-16)12-21-23(30)29(24(31)28-21)13-15-4-2-1-3-5-15/h1-12H,13-14H2,(H,28,31)/b21-12+. The summed E-state index contributed by atoms with van der Waals surface area (Å²) in [5.41, 5.74) is 2.24. The molecule has 3 aromatic carbocycles. The number of carbonyl (C=O) groups is 2. The second kappa shape index (κ2) is 9.42. The minimum Gasteiger partial charge on any atom is -0.486 e. The van der Waals surface area contributed by atoms with Crippen molar-refractivity contribution in [2.24, 2.45) is 0 Å². The predicted molar refractivity (Wildman–Crippen MR) is 121 cm³/mol. The van der Waals surface area contributed by atoms with Crippen molar-refractivity contribution in [3.8, 4) is 5.75 Å². The number of halogens is 3. The number of nitrogens with zero attached hydrogens (tertiary/aromatic N) is 1. The SMILES string of the molecule is O=C1N/C(=C/c2cc(Cl)c(OCc3ccc(F)cc3)c(Cl)c2)C(=O)N1Cc1ccccc1. The van der Waals surface area contributed by atoms with E-state index in [1.807, 2.05) is 30.3 Å². The van der Waals surface area contributed by atoms with Crippen LogP contribution in [0.1, 0.15) is 16.7 Å². The van der Waals surface area contributed by atoms with Crippen molar-refractivity contribution >= 4 is 41.2 Å². The zero-order chi connectivity index (χ0) is 22.7. The molecule has 4 rings (SSSR count). The number of nitrogens with one attached hydrogen (secondary N) is 1. The Morgan fingerprint density at radius 1 is 0.938 bits per heavy atom. The summed E-state index contributed by atoms with van der Waals surface area (Å²) >= 11 is 12.7. The summed E-state index contributed by atoms with van der Waals surface area (Å²) in [5, 5.41) is 3.06. The van der Waals surface area contributed by atoms with Crippen LogP contribution in [0.25, 0.3) is 6.08 Å². The summed E-state index contributed by atoms with van der Waals surface area (Å²) < 4.78 is 18.7. The number of ether oxygens (including phenoxy) is 1. The summed E-state index contributed by atoms with van der Waals surface area (Å²) in [4.78, 5) is 26.1. The maximum atomic E-state index is 13.0. The third kappa shape index (κ3) is 4.93. The number of carbonyl (C=O) groups excluding carboxylic acids is 2. The summed E-state index contributed by atoms with van der Waals surface area (Å²) in [5.74, 6) is -0.506. The molecule has 3 aromatic rings. The van der Waals surface area contributed by atoms with Gasteiger partial charge >= 0.3 is 6.03 Å². The predicted octanol–water partition coefficient (Wildman–Crippen LogP) is 5.80. The average Bonchev–Trinajstić information content (AvgIpc) is 3.02. The molecule has 0 saturated carbocycles. The Balaban J connectivity index is 1.49. The monoisotopic (exact) mass is 470 g/mol. The average molecular weight is 471 g/mol. The van der Waals surface area contributed by atoms with Crippen molar-refractivity contribution in [1.82, 2.24) is 10.2 Å². The molecular weight excluding hydrogens is 454 g/mol. The maximum absolute atomic E-state index is 13.0. The molecule has 8 heteroatoms. The maximum Gasteiger partial charge on any atom is 0.329 e. The van der Waals surface area contributed by atoms with E-state index in [9.17, 15) is 14.0 Å². The molecule has 0 spiro atoms. The second-order valence-electron chi connectivity index (χ2n) is 7.09. The molecule has 5 nitrogen and oxygen atoms in total. The molecule has 0 radical (unpaired) electrons. The molecule has 1 aliphatic heterocycles. The van der Waals surface area contributed by atoms with Gasteiger partial charge in [0.05, 0.1) is 16.6 Å². The summed E-state index contributed by atoms with van der Waals surface area (Å²) in [7, 11) is 0. The molecule has 162 valence electrons. The smallest absolute Gasteiger partial charge is 0.329 e. The van der Waals surface area contributed by atoms with Crippen LogP contribution in [0.4, 0.5) is 9.18 Å². The molecular formula is C24H17Cl2FN2O3. The van der Waals surface area contributed by atoms with Gasteiger partial charge in [-0.25, -0.2) is 9.18 Å². The van der Waals surface area contributed by atoms with Crippen LogP contribution >= 0.6 is 23.2 Å². The Morgan fingerprint density at radius 3 is 2.25 bits per heavy atom. The Kier molecular flexibility index (Phi) is 6.44. The van der Waals surface area contributed by atoms with E-state index in [0.717, 1.165) is 16.0 Å². The molecule has 0 unspecified atom stereocenters.